The molecule has 1 aliphatic carbocycles. The molecule has 1 saturated heterocycles. The summed E-state index contributed by atoms with van der Waals surface area (Å²) in [5.41, 5.74) is 9.02. The maximum Gasteiger partial charge on any atom is 0.0358 e. The van der Waals surface area contributed by atoms with Gasteiger partial charge < -0.3 is 10.6 Å². The van der Waals surface area contributed by atoms with Gasteiger partial charge in [0.05, 0.1) is 0 Å². The van der Waals surface area contributed by atoms with Crippen LogP contribution in [0.2, 0.25) is 0 Å². The van der Waals surface area contributed by atoms with Crippen LogP contribution in [0, 0.1) is 0 Å². The van der Waals surface area contributed by atoms with E-state index in [0.29, 0.717) is 12.1 Å². The first-order chi connectivity index (χ1) is 9.19. The summed E-state index contributed by atoms with van der Waals surface area (Å²) >= 11 is 3.57. The van der Waals surface area contributed by atoms with Gasteiger partial charge in [-0.25, -0.2) is 0 Å². The molecule has 2 atom stereocenters. The molecule has 2 aliphatic rings. The molecule has 0 radical (unpaired) electrons. The third-order valence-electron chi connectivity index (χ3n) is 4.55. The van der Waals surface area contributed by atoms with Crippen molar-refractivity contribution in [2.45, 2.75) is 24.9 Å². The molecule has 1 aromatic rings. The fraction of sp³-hybridized carbons (Fsp3) is 0.600. The van der Waals surface area contributed by atoms with Crippen molar-refractivity contribution >= 4 is 15.9 Å². The van der Waals surface area contributed by atoms with E-state index in [1.807, 2.05) is 0 Å². The Morgan fingerprint density at radius 1 is 1.37 bits per heavy atom. The van der Waals surface area contributed by atoms with Gasteiger partial charge in [-0.15, -0.1) is 0 Å². The van der Waals surface area contributed by atoms with Gasteiger partial charge >= 0.3 is 0 Å². The van der Waals surface area contributed by atoms with Crippen molar-refractivity contribution in [1.29, 1.82) is 0 Å². The fourth-order valence-corrected chi connectivity index (χ4v) is 3.96. The van der Waals surface area contributed by atoms with E-state index in [2.05, 4.69) is 51.0 Å². The van der Waals surface area contributed by atoms with Crippen molar-refractivity contribution in [3.05, 3.63) is 33.8 Å². The lowest BCUT2D eigenvalue weighted by atomic mass is 10.0. The van der Waals surface area contributed by atoms with Gasteiger partial charge in [-0.05, 0) is 43.1 Å². The van der Waals surface area contributed by atoms with Crippen molar-refractivity contribution in [2.24, 2.45) is 5.73 Å². The molecule has 0 amide bonds. The molecule has 2 unspecified atom stereocenters. The Morgan fingerprint density at radius 3 is 3.00 bits per heavy atom. The summed E-state index contributed by atoms with van der Waals surface area (Å²) in [6.45, 7) is 4.14. The third kappa shape index (κ3) is 2.59. The first kappa shape index (κ1) is 13.6. The molecule has 2 N–H and O–H groups in total. The Morgan fingerprint density at radius 2 is 2.21 bits per heavy atom. The van der Waals surface area contributed by atoms with Gasteiger partial charge in [0, 0.05) is 42.7 Å². The number of nitrogens with zero attached hydrogens (tertiary/aromatic N) is 2. The van der Waals surface area contributed by atoms with E-state index in [4.69, 9.17) is 5.73 Å². The molecular formula is C15H22BrN3. The number of piperazine rings is 1. The normalized spacial score (nSPS) is 28.6. The minimum absolute atomic E-state index is 0.498. The number of hydrogen-bond acceptors (Lipinski definition) is 3. The summed E-state index contributed by atoms with van der Waals surface area (Å²) in [7, 11) is 2.19. The Balaban J connectivity index is 1.84. The smallest absolute Gasteiger partial charge is 0.0358 e. The second-order valence-electron chi connectivity index (χ2n) is 5.79. The molecule has 104 valence electrons. The van der Waals surface area contributed by atoms with Gasteiger partial charge in [-0.3, -0.25) is 4.90 Å². The molecule has 1 heterocycles. The van der Waals surface area contributed by atoms with Gasteiger partial charge in [0.25, 0.3) is 0 Å². The summed E-state index contributed by atoms with van der Waals surface area (Å²) in [6.07, 6.45) is 2.44. The average molecular weight is 324 g/mol. The number of likely N-dealkylation sites (N-methyl/N-ethyl adjacent to an activating group) is 1. The van der Waals surface area contributed by atoms with Crippen molar-refractivity contribution in [1.82, 2.24) is 9.80 Å². The number of fused-ring (bicyclic) bond motifs is 1. The lowest BCUT2D eigenvalue weighted by Crippen LogP contribution is -2.55. The average Bonchev–Trinajstić information content (AvgIpc) is 2.81. The van der Waals surface area contributed by atoms with E-state index in [1.54, 1.807) is 0 Å². The molecule has 3 rings (SSSR count). The van der Waals surface area contributed by atoms with E-state index in [-0.39, 0.29) is 0 Å². The summed E-state index contributed by atoms with van der Waals surface area (Å²) in [5, 5.41) is 0. The van der Waals surface area contributed by atoms with Gasteiger partial charge in [0.15, 0.2) is 0 Å². The summed E-state index contributed by atoms with van der Waals surface area (Å²) in [6, 6.07) is 7.82. The zero-order chi connectivity index (χ0) is 13.4. The number of nitrogens with two attached hydrogens (primary N) is 1. The molecular weight excluding hydrogens is 302 g/mol. The highest BCUT2D eigenvalue weighted by Crippen LogP contribution is 2.38. The lowest BCUT2D eigenvalue weighted by Gasteiger charge is -2.43. The molecule has 0 saturated carbocycles. The maximum absolute atomic E-state index is 5.99. The van der Waals surface area contributed by atoms with Crippen LogP contribution in [0.25, 0.3) is 0 Å². The molecule has 1 fully saturated rings. The first-order valence-electron chi connectivity index (χ1n) is 7.11. The molecule has 1 aliphatic heterocycles. The van der Waals surface area contributed by atoms with E-state index < -0.39 is 0 Å². The predicted molar refractivity (Wildman–Crippen MR) is 82.2 cm³/mol. The van der Waals surface area contributed by atoms with Crippen LogP contribution < -0.4 is 5.73 Å². The molecule has 0 aromatic heterocycles. The van der Waals surface area contributed by atoms with Crippen LogP contribution in [0.3, 0.4) is 0 Å². The Kier molecular flexibility index (Phi) is 3.94. The zero-order valence-electron chi connectivity index (χ0n) is 11.5. The number of hydrogen-bond donors (Lipinski definition) is 1. The lowest BCUT2D eigenvalue weighted by molar-refractivity contribution is 0.0560. The molecule has 1 aromatic carbocycles. The minimum Gasteiger partial charge on any atom is -0.329 e. The molecule has 4 heteroatoms. The molecule has 19 heavy (non-hydrogen) atoms. The fourth-order valence-electron chi connectivity index (χ4n) is 3.55. The maximum atomic E-state index is 5.99. The number of benzene rings is 1. The van der Waals surface area contributed by atoms with Crippen LogP contribution in [0.15, 0.2) is 22.7 Å². The quantitative estimate of drug-likeness (QED) is 0.903. The highest BCUT2D eigenvalue weighted by Gasteiger charge is 2.34. The highest BCUT2D eigenvalue weighted by atomic mass is 79.9. The Hall–Kier alpha value is -0.420. The Labute approximate surface area is 123 Å². The summed E-state index contributed by atoms with van der Waals surface area (Å²) < 4.78 is 1.20. The van der Waals surface area contributed by atoms with E-state index in [1.165, 1.54) is 28.4 Å². The van der Waals surface area contributed by atoms with Gasteiger partial charge in [0.2, 0.25) is 0 Å². The van der Waals surface area contributed by atoms with Crippen molar-refractivity contribution in [3.8, 4) is 0 Å². The van der Waals surface area contributed by atoms with Crippen LogP contribution in [-0.4, -0.2) is 49.1 Å². The van der Waals surface area contributed by atoms with Crippen LogP contribution in [0.5, 0.6) is 0 Å². The Bertz CT molecular complexity index is 463. The van der Waals surface area contributed by atoms with Crippen LogP contribution in [0.1, 0.15) is 23.6 Å². The first-order valence-corrected chi connectivity index (χ1v) is 7.91. The minimum atomic E-state index is 0.498. The molecule has 0 spiro atoms. The third-order valence-corrected chi connectivity index (χ3v) is 5.05. The largest absolute Gasteiger partial charge is 0.329 e. The van der Waals surface area contributed by atoms with Gasteiger partial charge in [-0.2, -0.15) is 0 Å². The number of halogens is 1. The van der Waals surface area contributed by atoms with Crippen molar-refractivity contribution in [2.75, 3.05) is 33.2 Å². The monoisotopic (exact) mass is 323 g/mol. The topological polar surface area (TPSA) is 32.5 Å². The second kappa shape index (κ2) is 5.52. The van der Waals surface area contributed by atoms with E-state index >= 15 is 0 Å². The van der Waals surface area contributed by atoms with Crippen LogP contribution in [0.4, 0.5) is 0 Å². The van der Waals surface area contributed by atoms with Gasteiger partial charge in [0.1, 0.15) is 0 Å². The van der Waals surface area contributed by atoms with Crippen molar-refractivity contribution < 1.29 is 0 Å². The molecule has 3 nitrogen and oxygen atoms in total. The van der Waals surface area contributed by atoms with Gasteiger partial charge in [-0.1, -0.05) is 22.0 Å². The van der Waals surface area contributed by atoms with Crippen molar-refractivity contribution in [3.63, 3.8) is 0 Å². The zero-order valence-corrected chi connectivity index (χ0v) is 13.1. The van der Waals surface area contributed by atoms with Crippen LogP contribution in [-0.2, 0) is 6.42 Å². The summed E-state index contributed by atoms with van der Waals surface area (Å²) in [4.78, 5) is 5.03. The van der Waals surface area contributed by atoms with E-state index in [0.717, 1.165) is 26.2 Å². The second-order valence-corrected chi connectivity index (χ2v) is 6.70. The SMILES string of the molecule is CN1CCN(C2CCc3cc(Br)ccc32)C(CN)C1. The summed E-state index contributed by atoms with van der Waals surface area (Å²) in [5.74, 6) is 0. The number of aryl methyl sites for hydroxylation is 1. The van der Waals surface area contributed by atoms with Crippen LogP contribution >= 0.6 is 15.9 Å². The standard InChI is InChI=1S/C15H22BrN3/c1-18-6-7-19(13(9-17)10-18)15-5-2-11-8-12(16)3-4-14(11)15/h3-4,8,13,15H,2,5-7,9-10,17H2,1H3. The highest BCUT2D eigenvalue weighted by molar-refractivity contribution is 9.10. The predicted octanol–water partition coefficient (Wildman–Crippen LogP) is 2.01. The van der Waals surface area contributed by atoms with E-state index in [9.17, 15) is 0 Å². The number of rotatable bonds is 2. The molecule has 0 bridgehead atoms.